The van der Waals surface area contributed by atoms with E-state index in [4.69, 9.17) is 0 Å². The van der Waals surface area contributed by atoms with Crippen LogP contribution in [0.15, 0.2) is 81.7 Å². The van der Waals surface area contributed by atoms with Crippen molar-refractivity contribution in [2.75, 3.05) is 6.54 Å². The fourth-order valence-corrected chi connectivity index (χ4v) is 4.04. The van der Waals surface area contributed by atoms with E-state index in [-0.39, 0.29) is 18.3 Å². The zero-order valence-corrected chi connectivity index (χ0v) is 17.6. The molecule has 7 nitrogen and oxygen atoms in total. The van der Waals surface area contributed by atoms with Crippen molar-refractivity contribution >= 4 is 23.3 Å². The van der Waals surface area contributed by atoms with Gasteiger partial charge in [0.05, 0.1) is 0 Å². The first-order valence-electron chi connectivity index (χ1n) is 9.74. The number of fused-ring (bicyclic) bond motifs is 1. The van der Waals surface area contributed by atoms with E-state index in [1.807, 2.05) is 37.3 Å². The summed E-state index contributed by atoms with van der Waals surface area (Å²) >= 11 is 1.20. The maximum atomic E-state index is 13.5. The molecule has 2 aromatic carbocycles. The van der Waals surface area contributed by atoms with Gasteiger partial charge in [0, 0.05) is 30.4 Å². The van der Waals surface area contributed by atoms with E-state index in [2.05, 4.69) is 10.1 Å². The highest BCUT2D eigenvalue weighted by Crippen LogP contribution is 2.28. The average molecular weight is 438 g/mol. The number of halogens is 1. The number of nitrogens with zero attached hydrogens (tertiary/aromatic N) is 5. The lowest BCUT2D eigenvalue weighted by atomic mass is 10.2. The first-order valence-corrected chi connectivity index (χ1v) is 10.6. The van der Waals surface area contributed by atoms with Gasteiger partial charge in [-0.15, -0.1) is 5.10 Å². The number of carbonyl (C=O) groups excluding carboxylic acids is 1. The van der Waals surface area contributed by atoms with Gasteiger partial charge in [0.25, 0.3) is 0 Å². The second-order valence-electron chi connectivity index (χ2n) is 6.82. The van der Waals surface area contributed by atoms with Crippen LogP contribution >= 0.6 is 11.8 Å². The monoisotopic (exact) mass is 437 g/mol. The van der Waals surface area contributed by atoms with Crippen molar-refractivity contribution in [2.24, 2.45) is 0 Å². The fraction of sp³-hybridized carbons (Fsp3) is 0.182. The molecule has 0 aliphatic heterocycles. The summed E-state index contributed by atoms with van der Waals surface area (Å²) in [6.07, 6.45) is 2.99. The van der Waals surface area contributed by atoms with Crippen LogP contribution in [0.4, 0.5) is 4.39 Å². The third kappa shape index (κ3) is 4.66. The van der Waals surface area contributed by atoms with Crippen LogP contribution in [0.2, 0.25) is 0 Å². The predicted molar refractivity (Wildman–Crippen MR) is 115 cm³/mol. The lowest BCUT2D eigenvalue weighted by Gasteiger charge is -2.20. The van der Waals surface area contributed by atoms with Crippen molar-refractivity contribution in [1.82, 2.24) is 24.1 Å². The van der Waals surface area contributed by atoms with Gasteiger partial charge in [-0.25, -0.2) is 23.3 Å². The Kier molecular flexibility index (Phi) is 6.13. The van der Waals surface area contributed by atoms with Crippen LogP contribution in [-0.4, -0.2) is 36.5 Å². The summed E-state index contributed by atoms with van der Waals surface area (Å²) in [5.41, 5.74) is 0.904. The number of hydrogen-bond acceptors (Lipinski definition) is 5. The molecule has 2 aromatic heterocycles. The Morgan fingerprint density at radius 3 is 2.71 bits per heavy atom. The Morgan fingerprint density at radius 1 is 1.16 bits per heavy atom. The summed E-state index contributed by atoms with van der Waals surface area (Å²) in [5.74, 6) is -0.562. The van der Waals surface area contributed by atoms with Crippen molar-refractivity contribution in [1.29, 1.82) is 0 Å². The number of aromatic nitrogens is 4. The quantitative estimate of drug-likeness (QED) is 0.444. The van der Waals surface area contributed by atoms with Crippen molar-refractivity contribution in [3.05, 3.63) is 88.9 Å². The maximum absolute atomic E-state index is 13.5. The Hall–Kier alpha value is -3.46. The minimum Gasteiger partial charge on any atom is -0.337 e. The highest BCUT2D eigenvalue weighted by Gasteiger charge is 2.18. The third-order valence-corrected chi connectivity index (χ3v) is 5.69. The highest BCUT2D eigenvalue weighted by atomic mass is 32.2. The molecule has 4 aromatic rings. The molecule has 0 N–H and O–H groups in total. The largest absolute Gasteiger partial charge is 0.350 e. The van der Waals surface area contributed by atoms with E-state index in [1.54, 1.807) is 17.0 Å². The summed E-state index contributed by atoms with van der Waals surface area (Å²) in [4.78, 5) is 32.2. The summed E-state index contributed by atoms with van der Waals surface area (Å²) in [5, 5.41) is 4.79. The van der Waals surface area contributed by atoms with E-state index in [1.165, 1.54) is 40.7 Å². The van der Waals surface area contributed by atoms with Gasteiger partial charge < -0.3 is 4.90 Å². The molecule has 31 heavy (non-hydrogen) atoms. The van der Waals surface area contributed by atoms with Crippen molar-refractivity contribution in [3.63, 3.8) is 0 Å². The Labute approximate surface area is 182 Å². The standard InChI is InChI=1S/C22H20FN5O2S/c1-2-26(14-16-7-4-3-5-8-16)19(29)15-28-22(30)27-12-11-24-21(20(27)25-28)31-18-10-6-9-17(23)13-18/h3-13H,2,14-15H2,1H3. The van der Waals surface area contributed by atoms with Gasteiger partial charge >= 0.3 is 5.69 Å². The molecule has 0 spiro atoms. The zero-order chi connectivity index (χ0) is 21.8. The smallest absolute Gasteiger partial charge is 0.337 e. The van der Waals surface area contributed by atoms with Crippen LogP contribution < -0.4 is 5.69 Å². The molecule has 0 aliphatic rings. The van der Waals surface area contributed by atoms with Gasteiger partial charge in [-0.3, -0.25) is 4.79 Å². The number of likely N-dealkylation sites (N-methyl/N-ethyl adjacent to an activating group) is 1. The summed E-state index contributed by atoms with van der Waals surface area (Å²) in [7, 11) is 0. The first-order chi connectivity index (χ1) is 15.0. The fourth-order valence-electron chi connectivity index (χ4n) is 3.15. The minimum absolute atomic E-state index is 0.175. The van der Waals surface area contributed by atoms with E-state index in [0.29, 0.717) is 28.7 Å². The minimum atomic E-state index is -0.428. The van der Waals surface area contributed by atoms with Crippen molar-refractivity contribution in [3.8, 4) is 0 Å². The second kappa shape index (κ2) is 9.13. The molecule has 2 heterocycles. The molecule has 158 valence electrons. The molecule has 0 atom stereocenters. The third-order valence-electron chi connectivity index (χ3n) is 4.72. The predicted octanol–water partition coefficient (Wildman–Crippen LogP) is 3.23. The van der Waals surface area contributed by atoms with E-state index in [0.717, 1.165) is 10.2 Å². The molecule has 9 heteroatoms. The Balaban J connectivity index is 1.58. The van der Waals surface area contributed by atoms with Crippen LogP contribution in [0.25, 0.3) is 5.65 Å². The molecule has 0 bridgehead atoms. The first kappa shape index (κ1) is 20.8. The lowest BCUT2D eigenvalue weighted by molar-refractivity contribution is -0.132. The molecular weight excluding hydrogens is 417 g/mol. The van der Waals surface area contributed by atoms with Crippen LogP contribution in [0.5, 0.6) is 0 Å². The molecule has 0 radical (unpaired) electrons. The van der Waals surface area contributed by atoms with E-state index >= 15 is 0 Å². The molecule has 4 rings (SSSR count). The zero-order valence-electron chi connectivity index (χ0n) is 16.8. The van der Waals surface area contributed by atoms with Crippen LogP contribution in [0.3, 0.4) is 0 Å². The average Bonchev–Trinajstić information content (AvgIpc) is 3.09. The Morgan fingerprint density at radius 2 is 1.97 bits per heavy atom. The summed E-state index contributed by atoms with van der Waals surface area (Å²) in [6, 6.07) is 15.8. The maximum Gasteiger partial charge on any atom is 0.350 e. The number of amides is 1. The van der Waals surface area contributed by atoms with E-state index < -0.39 is 5.69 Å². The van der Waals surface area contributed by atoms with Gasteiger partial charge in [0.15, 0.2) is 5.65 Å². The highest BCUT2D eigenvalue weighted by molar-refractivity contribution is 7.99. The van der Waals surface area contributed by atoms with Gasteiger partial charge in [-0.05, 0) is 30.7 Å². The topological polar surface area (TPSA) is 72.5 Å². The van der Waals surface area contributed by atoms with Gasteiger partial charge in [0.2, 0.25) is 5.91 Å². The molecule has 0 saturated carbocycles. The van der Waals surface area contributed by atoms with Crippen molar-refractivity contribution < 1.29 is 9.18 Å². The van der Waals surface area contributed by atoms with Crippen LogP contribution in [0.1, 0.15) is 12.5 Å². The molecule has 0 fully saturated rings. The summed E-state index contributed by atoms with van der Waals surface area (Å²) < 4.78 is 16.0. The van der Waals surface area contributed by atoms with Gasteiger partial charge in [0.1, 0.15) is 17.4 Å². The molecule has 0 aliphatic carbocycles. The molecule has 0 unspecified atom stereocenters. The number of rotatable bonds is 7. The number of hydrogen-bond donors (Lipinski definition) is 0. The number of carbonyl (C=O) groups is 1. The SMILES string of the molecule is CCN(Cc1ccccc1)C(=O)Cn1nc2c(Sc3cccc(F)c3)nccn2c1=O. The second-order valence-corrected chi connectivity index (χ2v) is 7.88. The van der Waals surface area contributed by atoms with Crippen LogP contribution in [0, 0.1) is 5.82 Å². The number of benzene rings is 2. The Bertz CT molecular complexity index is 1270. The summed E-state index contributed by atoms with van der Waals surface area (Å²) in [6.45, 7) is 2.69. The van der Waals surface area contributed by atoms with Gasteiger partial charge in [-0.2, -0.15) is 0 Å². The lowest BCUT2D eigenvalue weighted by Crippen LogP contribution is -2.36. The van der Waals surface area contributed by atoms with Crippen LogP contribution in [-0.2, 0) is 17.9 Å². The van der Waals surface area contributed by atoms with Crippen molar-refractivity contribution in [2.45, 2.75) is 29.9 Å². The molecular formula is C22H20FN5O2S. The normalized spacial score (nSPS) is 11.0. The molecule has 1 amide bonds. The van der Waals surface area contributed by atoms with Gasteiger partial charge in [-0.1, -0.05) is 48.2 Å². The molecule has 0 saturated heterocycles. The van der Waals surface area contributed by atoms with E-state index in [9.17, 15) is 14.0 Å².